The van der Waals surface area contributed by atoms with Crippen molar-refractivity contribution in [2.75, 3.05) is 0 Å². The van der Waals surface area contributed by atoms with Gasteiger partial charge in [-0.2, -0.15) is 0 Å². The zero-order valence-electron chi connectivity index (χ0n) is 4.50. The Morgan fingerprint density at radius 3 is 0.889 bits per heavy atom. The Labute approximate surface area is 56.8 Å². The van der Waals surface area contributed by atoms with Crippen LogP contribution in [-0.4, -0.2) is 0 Å². The molecular weight excluding hydrogens is 216 g/mol. The van der Waals surface area contributed by atoms with Crippen LogP contribution in [0.15, 0.2) is 0 Å². The van der Waals surface area contributed by atoms with E-state index in [9.17, 15) is 0 Å². The van der Waals surface area contributed by atoms with Crippen molar-refractivity contribution in [3.8, 4) is 14.5 Å². The van der Waals surface area contributed by atoms with Gasteiger partial charge in [0.15, 0.2) is 0 Å². The van der Waals surface area contributed by atoms with E-state index in [2.05, 4.69) is 0 Å². The first-order valence-corrected chi connectivity index (χ1v) is 10.4. The van der Waals surface area contributed by atoms with Gasteiger partial charge in [0, 0.05) is 0 Å². The first-order chi connectivity index (χ1) is 4.24. The molecule has 0 aliphatic heterocycles. The fourth-order valence-corrected chi connectivity index (χ4v) is 1.42. The van der Waals surface area contributed by atoms with Crippen molar-refractivity contribution < 1.29 is 21.2 Å². The van der Waals surface area contributed by atoms with Crippen LogP contribution in [0.5, 0.6) is 0 Å². The molecule has 0 aliphatic rings. The van der Waals surface area contributed by atoms with Crippen LogP contribution in [0.1, 0.15) is 0 Å². The first kappa shape index (κ1) is 7.88. The number of hydrogen-bond donors (Lipinski definition) is 0. The summed E-state index contributed by atoms with van der Waals surface area (Å²) in [6.45, 7) is 0. The van der Waals surface area contributed by atoms with E-state index in [1.54, 1.807) is 0 Å². The van der Waals surface area contributed by atoms with Crippen molar-refractivity contribution in [2.24, 2.45) is 0 Å². The fourth-order valence-electron chi connectivity index (χ4n) is 0.212. The van der Waals surface area contributed by atoms with Crippen LogP contribution in [0.2, 0.25) is 0 Å². The molecule has 0 N–H and O–H groups in total. The summed E-state index contributed by atoms with van der Waals surface area (Å²) in [4.78, 5) is 0. The molecule has 0 rings (SSSR count). The van der Waals surface area contributed by atoms with E-state index < -0.39 is 21.2 Å². The second-order valence-corrected chi connectivity index (χ2v) is 11.4. The van der Waals surface area contributed by atoms with Gasteiger partial charge in [-0.1, -0.05) is 0 Å². The summed E-state index contributed by atoms with van der Waals surface area (Å²) in [7, 11) is 0. The molecule has 0 aliphatic carbocycles. The van der Waals surface area contributed by atoms with Crippen LogP contribution in [0.4, 0.5) is 0 Å². The third-order valence-corrected chi connectivity index (χ3v) is 6.36. The summed E-state index contributed by atoms with van der Waals surface area (Å²) in [5, 5.41) is 32.6. The fraction of sp³-hybridized carbons (Fsp3) is 0. The summed E-state index contributed by atoms with van der Waals surface area (Å²) in [5.41, 5.74) is 0. The van der Waals surface area contributed by atoms with Gasteiger partial charge >= 0.3 is 56.7 Å². The van der Waals surface area contributed by atoms with Gasteiger partial charge in [-0.15, -0.1) is 0 Å². The van der Waals surface area contributed by atoms with Gasteiger partial charge in [-0.25, -0.2) is 0 Å². The van der Waals surface area contributed by atoms with E-state index in [4.69, 9.17) is 21.0 Å². The Morgan fingerprint density at radius 1 is 0.667 bits per heavy atom. The van der Waals surface area contributed by atoms with Gasteiger partial charge in [0.1, 0.15) is 0 Å². The second kappa shape index (κ2) is 3.02. The molecule has 0 aromatic rings. The predicted molar refractivity (Wildman–Crippen MR) is 22.5 cm³/mol. The third-order valence-electron chi connectivity index (χ3n) is 0.949. The normalized spacial score (nSPS) is 5.78. The number of nitrogens with zero attached hydrogens (tertiary/aromatic N) is 4. The van der Waals surface area contributed by atoms with E-state index in [0.29, 0.717) is 0 Å². The molecule has 0 atom stereocenters. The SMILES string of the molecule is N#[C][Cd]([C]#N)([C]#N)[C]#N. The minimum atomic E-state index is -4.36. The monoisotopic (exact) mass is 218 g/mol. The average Bonchev–Trinajstić information content (AvgIpc) is 1.95. The molecule has 9 heavy (non-hydrogen) atoms. The number of rotatable bonds is 0. The predicted octanol–water partition coefficient (Wildman–Crippen LogP) is 0.0646. The Kier molecular flexibility index (Phi) is 2.64. The molecule has 0 aromatic heterocycles. The van der Waals surface area contributed by atoms with Crippen molar-refractivity contribution in [3.05, 3.63) is 0 Å². The Hall–Kier alpha value is -1.12. The maximum atomic E-state index is 8.16. The van der Waals surface area contributed by atoms with Crippen molar-refractivity contribution in [1.82, 2.24) is 0 Å². The molecule has 4 nitrogen and oxygen atoms in total. The molecule has 0 amide bonds. The minimum absolute atomic E-state index is 1.51. The van der Waals surface area contributed by atoms with Crippen molar-refractivity contribution in [1.29, 1.82) is 21.0 Å². The van der Waals surface area contributed by atoms with Crippen molar-refractivity contribution >= 4 is 0 Å². The third kappa shape index (κ3) is 1.39. The molecule has 0 aromatic carbocycles. The Balaban J connectivity index is 4.84. The average molecular weight is 216 g/mol. The molecule has 0 saturated carbocycles. The Bertz CT molecular complexity index is 205. The molecule has 0 bridgehead atoms. The zero-order valence-corrected chi connectivity index (χ0v) is 8.53. The van der Waals surface area contributed by atoms with Crippen LogP contribution < -0.4 is 0 Å². The van der Waals surface area contributed by atoms with Gasteiger partial charge in [-0.3, -0.25) is 0 Å². The zero-order chi connectivity index (χ0) is 7.33. The molecule has 0 radical (unpaired) electrons. The van der Waals surface area contributed by atoms with E-state index in [0.717, 1.165) is 0 Å². The van der Waals surface area contributed by atoms with Crippen LogP contribution >= 0.6 is 0 Å². The molecule has 5 heteroatoms. The first-order valence-electron chi connectivity index (χ1n) is 2.31. The number of nitriles is 4. The summed E-state index contributed by atoms with van der Waals surface area (Å²) in [6.07, 6.45) is 0. The molecule has 0 spiro atoms. The maximum absolute atomic E-state index is 8.16. The van der Waals surface area contributed by atoms with E-state index in [1.807, 2.05) is 0 Å². The molecule has 0 heterocycles. The van der Waals surface area contributed by atoms with Gasteiger partial charge in [0.05, 0.1) is 0 Å². The summed E-state index contributed by atoms with van der Waals surface area (Å²) in [6, 6.07) is 0. The van der Waals surface area contributed by atoms with Crippen LogP contribution in [0, 0.1) is 35.6 Å². The van der Waals surface area contributed by atoms with Crippen molar-refractivity contribution in [2.45, 2.75) is 0 Å². The summed E-state index contributed by atoms with van der Waals surface area (Å²) < 4.78 is 6.04. The quantitative estimate of drug-likeness (QED) is 0.535. The van der Waals surface area contributed by atoms with Crippen LogP contribution in [0.25, 0.3) is 0 Å². The van der Waals surface area contributed by atoms with E-state index in [1.165, 1.54) is 14.5 Å². The standard InChI is InChI=1S/4CN.Cd/c4*1-2;. The van der Waals surface area contributed by atoms with E-state index >= 15 is 0 Å². The molecule has 0 unspecified atom stereocenters. The van der Waals surface area contributed by atoms with Gasteiger partial charge < -0.3 is 0 Å². The van der Waals surface area contributed by atoms with E-state index in [-0.39, 0.29) is 0 Å². The second-order valence-electron chi connectivity index (χ2n) is 1.69. The summed E-state index contributed by atoms with van der Waals surface area (Å²) in [5.74, 6) is 0. The molecule has 0 fully saturated rings. The van der Waals surface area contributed by atoms with Gasteiger partial charge in [0.25, 0.3) is 0 Å². The molecular formula is C4CdN4. The van der Waals surface area contributed by atoms with Gasteiger partial charge in [-0.05, 0) is 0 Å². The van der Waals surface area contributed by atoms with Gasteiger partial charge in [0.2, 0.25) is 0 Å². The molecule has 0 saturated heterocycles. The van der Waals surface area contributed by atoms with Crippen LogP contribution in [0.3, 0.4) is 0 Å². The topological polar surface area (TPSA) is 95.2 Å². The summed E-state index contributed by atoms with van der Waals surface area (Å²) >= 11 is -4.36. The Morgan fingerprint density at radius 2 is 0.889 bits per heavy atom. The molecule has 38 valence electrons. The number of hydrogen-bond acceptors (Lipinski definition) is 4. The van der Waals surface area contributed by atoms with Crippen molar-refractivity contribution in [3.63, 3.8) is 0 Å². The van der Waals surface area contributed by atoms with Crippen LogP contribution in [-0.2, 0) is 21.2 Å².